The number of hydrogen-bond acceptors (Lipinski definition) is 4. The van der Waals surface area contributed by atoms with E-state index >= 15 is 0 Å². The molecule has 3 aromatic rings. The number of likely N-dealkylation sites (tertiary alicyclic amines) is 1. The first kappa shape index (κ1) is 19.2. The van der Waals surface area contributed by atoms with Gasteiger partial charge >= 0.3 is 0 Å². The number of aryl methyl sites for hydroxylation is 1. The van der Waals surface area contributed by atoms with Gasteiger partial charge in [0.1, 0.15) is 11.6 Å². The standard InChI is InChI=1S/C23H26N4O2/c1-26-15-13-24-22(26)16-27-14-5-8-21(27)23(28)25-20-7-4-3-6-19(20)17-9-11-18(29-2)12-10-17/h3-4,6-7,9-13,15,21H,5,8,14,16H2,1-2H3,(H,25,28)/t21-/m1/s1. The Bertz CT molecular complexity index is 981. The van der Waals surface area contributed by atoms with E-state index in [1.165, 1.54) is 0 Å². The summed E-state index contributed by atoms with van der Waals surface area (Å²) in [5.41, 5.74) is 2.86. The minimum Gasteiger partial charge on any atom is -0.497 e. The molecular weight excluding hydrogens is 364 g/mol. The lowest BCUT2D eigenvalue weighted by molar-refractivity contribution is -0.120. The van der Waals surface area contributed by atoms with Crippen molar-refractivity contribution < 1.29 is 9.53 Å². The van der Waals surface area contributed by atoms with E-state index in [9.17, 15) is 4.79 Å². The van der Waals surface area contributed by atoms with Crippen LogP contribution in [0.4, 0.5) is 5.69 Å². The molecule has 2 heterocycles. The highest BCUT2D eigenvalue weighted by atomic mass is 16.5. The number of hydrogen-bond donors (Lipinski definition) is 1. The second-order valence-electron chi connectivity index (χ2n) is 7.35. The third-order valence-electron chi connectivity index (χ3n) is 5.52. The summed E-state index contributed by atoms with van der Waals surface area (Å²) in [6.07, 6.45) is 5.61. The number of nitrogens with one attached hydrogen (secondary N) is 1. The molecule has 1 aliphatic rings. The van der Waals surface area contributed by atoms with Gasteiger partial charge < -0.3 is 14.6 Å². The molecule has 29 heavy (non-hydrogen) atoms. The highest BCUT2D eigenvalue weighted by Gasteiger charge is 2.31. The van der Waals surface area contributed by atoms with E-state index in [0.717, 1.165) is 47.8 Å². The van der Waals surface area contributed by atoms with E-state index < -0.39 is 0 Å². The molecule has 1 aromatic heterocycles. The van der Waals surface area contributed by atoms with Gasteiger partial charge in [0.25, 0.3) is 0 Å². The Balaban J connectivity index is 1.51. The predicted molar refractivity (Wildman–Crippen MR) is 114 cm³/mol. The van der Waals surface area contributed by atoms with Crippen molar-refractivity contribution in [3.63, 3.8) is 0 Å². The van der Waals surface area contributed by atoms with Crippen molar-refractivity contribution in [1.29, 1.82) is 0 Å². The summed E-state index contributed by atoms with van der Waals surface area (Å²) in [4.78, 5) is 19.7. The first-order chi connectivity index (χ1) is 14.2. The van der Waals surface area contributed by atoms with Crippen molar-refractivity contribution in [2.45, 2.75) is 25.4 Å². The summed E-state index contributed by atoms with van der Waals surface area (Å²) < 4.78 is 7.25. The fourth-order valence-electron chi connectivity index (χ4n) is 3.87. The molecule has 4 rings (SSSR count). The zero-order chi connectivity index (χ0) is 20.2. The molecule has 0 unspecified atom stereocenters. The molecule has 0 radical (unpaired) electrons. The molecule has 150 valence electrons. The van der Waals surface area contributed by atoms with Crippen LogP contribution in [0.5, 0.6) is 5.75 Å². The van der Waals surface area contributed by atoms with E-state index in [2.05, 4.69) is 15.2 Å². The molecule has 1 saturated heterocycles. The summed E-state index contributed by atoms with van der Waals surface area (Å²) >= 11 is 0. The maximum Gasteiger partial charge on any atom is 0.241 e. The predicted octanol–water partition coefficient (Wildman–Crippen LogP) is 3.70. The number of nitrogens with zero attached hydrogens (tertiary/aromatic N) is 3. The number of anilines is 1. The SMILES string of the molecule is COc1ccc(-c2ccccc2NC(=O)[C@H]2CCCN2Cc2nccn2C)cc1. The maximum atomic E-state index is 13.1. The van der Waals surface area contributed by atoms with Crippen molar-refractivity contribution in [1.82, 2.24) is 14.5 Å². The lowest BCUT2D eigenvalue weighted by Gasteiger charge is -2.24. The van der Waals surface area contributed by atoms with Gasteiger partial charge in [-0.25, -0.2) is 4.98 Å². The van der Waals surface area contributed by atoms with Crippen molar-refractivity contribution in [2.24, 2.45) is 7.05 Å². The first-order valence-corrected chi connectivity index (χ1v) is 9.90. The smallest absolute Gasteiger partial charge is 0.241 e. The Kier molecular flexibility index (Phi) is 5.62. The number of carbonyl (C=O) groups is 1. The molecule has 1 atom stereocenters. The quantitative estimate of drug-likeness (QED) is 0.697. The van der Waals surface area contributed by atoms with Crippen LogP contribution < -0.4 is 10.1 Å². The van der Waals surface area contributed by atoms with Gasteiger partial charge in [-0.3, -0.25) is 9.69 Å². The highest BCUT2D eigenvalue weighted by Crippen LogP contribution is 2.30. The number of ether oxygens (including phenoxy) is 1. The summed E-state index contributed by atoms with van der Waals surface area (Å²) in [6.45, 7) is 1.59. The monoisotopic (exact) mass is 390 g/mol. The zero-order valence-corrected chi connectivity index (χ0v) is 16.8. The fraction of sp³-hybridized carbons (Fsp3) is 0.304. The fourth-order valence-corrected chi connectivity index (χ4v) is 3.87. The maximum absolute atomic E-state index is 13.1. The first-order valence-electron chi connectivity index (χ1n) is 9.90. The van der Waals surface area contributed by atoms with Gasteiger partial charge in [0.05, 0.1) is 19.7 Å². The van der Waals surface area contributed by atoms with E-state index in [4.69, 9.17) is 4.74 Å². The van der Waals surface area contributed by atoms with Gasteiger partial charge in [-0.15, -0.1) is 0 Å². The molecule has 2 aromatic carbocycles. The summed E-state index contributed by atoms with van der Waals surface area (Å²) in [5, 5.41) is 3.16. The van der Waals surface area contributed by atoms with E-state index in [1.807, 2.05) is 66.3 Å². The third-order valence-corrected chi connectivity index (χ3v) is 5.52. The average Bonchev–Trinajstić information content (AvgIpc) is 3.38. The van der Waals surface area contributed by atoms with Crippen LogP contribution in [0, 0.1) is 0 Å². The van der Waals surface area contributed by atoms with Crippen molar-refractivity contribution in [3.05, 3.63) is 66.7 Å². The number of methoxy groups -OCH3 is 1. The third kappa shape index (κ3) is 4.17. The number of aromatic nitrogens is 2. The number of imidazole rings is 1. The number of amides is 1. The van der Waals surface area contributed by atoms with Crippen molar-refractivity contribution in [2.75, 3.05) is 19.0 Å². The van der Waals surface area contributed by atoms with Gasteiger partial charge in [-0.05, 0) is 43.1 Å². The number of benzene rings is 2. The molecule has 0 bridgehead atoms. The van der Waals surface area contributed by atoms with E-state index in [0.29, 0.717) is 6.54 Å². The Morgan fingerprint density at radius 1 is 1.21 bits per heavy atom. The van der Waals surface area contributed by atoms with Gasteiger partial charge in [0.2, 0.25) is 5.91 Å². The van der Waals surface area contributed by atoms with Gasteiger partial charge in [-0.2, -0.15) is 0 Å². The second-order valence-corrected chi connectivity index (χ2v) is 7.35. The lowest BCUT2D eigenvalue weighted by atomic mass is 10.0. The topological polar surface area (TPSA) is 59.4 Å². The molecule has 1 amide bonds. The highest BCUT2D eigenvalue weighted by molar-refractivity contribution is 5.98. The number of rotatable bonds is 6. The lowest BCUT2D eigenvalue weighted by Crippen LogP contribution is -2.39. The minimum absolute atomic E-state index is 0.0395. The van der Waals surface area contributed by atoms with Crippen LogP contribution >= 0.6 is 0 Å². The van der Waals surface area contributed by atoms with Crippen molar-refractivity contribution in [3.8, 4) is 16.9 Å². The molecule has 0 saturated carbocycles. The Labute approximate surface area is 171 Å². The van der Waals surface area contributed by atoms with Gasteiger partial charge in [0, 0.05) is 30.7 Å². The van der Waals surface area contributed by atoms with Gasteiger partial charge in [0.15, 0.2) is 0 Å². The second kappa shape index (κ2) is 8.49. The zero-order valence-electron chi connectivity index (χ0n) is 16.8. The minimum atomic E-state index is -0.143. The number of para-hydroxylation sites is 1. The Morgan fingerprint density at radius 3 is 2.72 bits per heavy atom. The Hall–Kier alpha value is -3.12. The van der Waals surface area contributed by atoms with Crippen LogP contribution in [-0.2, 0) is 18.4 Å². The van der Waals surface area contributed by atoms with Crippen LogP contribution in [0.1, 0.15) is 18.7 Å². The number of carbonyl (C=O) groups excluding carboxylic acids is 1. The van der Waals surface area contributed by atoms with Crippen LogP contribution in [0.2, 0.25) is 0 Å². The average molecular weight is 390 g/mol. The summed E-state index contributed by atoms with van der Waals surface area (Å²) in [5.74, 6) is 1.83. The van der Waals surface area contributed by atoms with Crippen LogP contribution in [0.15, 0.2) is 60.9 Å². The molecule has 6 nitrogen and oxygen atoms in total. The summed E-state index contributed by atoms with van der Waals surface area (Å²) in [7, 11) is 3.64. The normalized spacial score (nSPS) is 16.7. The molecule has 0 spiro atoms. The molecule has 6 heteroatoms. The van der Waals surface area contributed by atoms with E-state index in [-0.39, 0.29) is 11.9 Å². The Morgan fingerprint density at radius 2 is 2.00 bits per heavy atom. The molecule has 1 aliphatic heterocycles. The molecule has 1 N–H and O–H groups in total. The van der Waals surface area contributed by atoms with Crippen LogP contribution in [0.3, 0.4) is 0 Å². The van der Waals surface area contributed by atoms with Crippen LogP contribution in [-0.4, -0.2) is 40.1 Å². The van der Waals surface area contributed by atoms with Gasteiger partial charge in [-0.1, -0.05) is 30.3 Å². The molecule has 1 fully saturated rings. The summed E-state index contributed by atoms with van der Waals surface area (Å²) in [6, 6.07) is 15.6. The van der Waals surface area contributed by atoms with Crippen molar-refractivity contribution >= 4 is 11.6 Å². The van der Waals surface area contributed by atoms with E-state index in [1.54, 1.807) is 13.3 Å². The molecule has 0 aliphatic carbocycles. The molecular formula is C23H26N4O2. The largest absolute Gasteiger partial charge is 0.497 e. The van der Waals surface area contributed by atoms with Crippen LogP contribution in [0.25, 0.3) is 11.1 Å².